The molecule has 0 saturated carbocycles. The molecule has 3 saturated heterocycles. The van der Waals surface area contributed by atoms with E-state index in [0.717, 1.165) is 10.5 Å². The predicted molar refractivity (Wildman–Crippen MR) is 130 cm³/mol. The van der Waals surface area contributed by atoms with Crippen LogP contribution in [0.15, 0.2) is 36.0 Å². The van der Waals surface area contributed by atoms with Crippen LogP contribution in [0.3, 0.4) is 0 Å². The van der Waals surface area contributed by atoms with Crippen molar-refractivity contribution < 1.29 is 38.1 Å². The fourth-order valence-corrected chi connectivity index (χ4v) is 4.50. The molecule has 3 aliphatic heterocycles. The number of allylic oxidation sites excluding steroid dienone is 3. The van der Waals surface area contributed by atoms with Crippen LogP contribution in [0.2, 0.25) is 0 Å². The molecule has 0 aliphatic carbocycles. The Labute approximate surface area is 211 Å². The number of likely N-dealkylation sites (tertiary alicyclic amines) is 2. The first-order valence-electron chi connectivity index (χ1n) is 12.1. The third-order valence-corrected chi connectivity index (χ3v) is 6.72. The van der Waals surface area contributed by atoms with Gasteiger partial charge in [-0.25, -0.2) is 9.69 Å². The summed E-state index contributed by atoms with van der Waals surface area (Å²) in [5, 5.41) is 0. The maximum Gasteiger partial charge on any atom is 0.510 e. The Morgan fingerprint density at radius 2 is 1.92 bits per heavy atom. The van der Waals surface area contributed by atoms with Crippen LogP contribution in [0.5, 0.6) is 0 Å². The molecule has 36 heavy (non-hydrogen) atoms. The molecule has 3 aliphatic rings. The van der Waals surface area contributed by atoms with Gasteiger partial charge in [0.15, 0.2) is 6.73 Å². The van der Waals surface area contributed by atoms with E-state index in [1.807, 2.05) is 27.7 Å². The van der Waals surface area contributed by atoms with Crippen molar-refractivity contribution >= 4 is 23.9 Å². The largest absolute Gasteiger partial charge is 0.510 e. The molecule has 2 unspecified atom stereocenters. The van der Waals surface area contributed by atoms with E-state index >= 15 is 0 Å². The summed E-state index contributed by atoms with van der Waals surface area (Å²) in [5.74, 6) is -1.35. The molecule has 0 N–H and O–H groups in total. The molecule has 3 amide bonds. The van der Waals surface area contributed by atoms with E-state index in [0.29, 0.717) is 18.6 Å². The summed E-state index contributed by atoms with van der Waals surface area (Å²) >= 11 is 0. The van der Waals surface area contributed by atoms with Gasteiger partial charge in [-0.2, -0.15) is 0 Å². The highest BCUT2D eigenvalue weighted by Crippen LogP contribution is 2.31. The molecule has 3 heterocycles. The minimum Gasteiger partial charge on any atom is -0.431 e. The van der Waals surface area contributed by atoms with Crippen LogP contribution in [0.25, 0.3) is 0 Å². The number of ether oxygens (including phenoxy) is 4. The van der Waals surface area contributed by atoms with Crippen molar-refractivity contribution in [1.29, 1.82) is 0 Å². The van der Waals surface area contributed by atoms with E-state index in [1.54, 1.807) is 25.2 Å². The van der Waals surface area contributed by atoms with Gasteiger partial charge in [-0.3, -0.25) is 14.4 Å². The van der Waals surface area contributed by atoms with E-state index in [9.17, 15) is 19.2 Å². The zero-order chi connectivity index (χ0) is 26.7. The van der Waals surface area contributed by atoms with Crippen LogP contribution < -0.4 is 0 Å². The number of rotatable bonds is 6. The summed E-state index contributed by atoms with van der Waals surface area (Å²) in [7, 11) is 0. The second kappa shape index (κ2) is 11.0. The molecule has 10 heteroatoms. The number of hydrogen-bond donors (Lipinski definition) is 0. The first-order chi connectivity index (χ1) is 16.9. The molecular formula is C26H36N2O8. The van der Waals surface area contributed by atoms with E-state index in [4.69, 9.17) is 18.9 Å². The van der Waals surface area contributed by atoms with Gasteiger partial charge in [-0.15, -0.1) is 0 Å². The second-order valence-electron chi connectivity index (χ2n) is 10.2. The molecule has 3 rings (SSSR count). The average Bonchev–Trinajstić information content (AvgIpc) is 3.05. The molecule has 0 bridgehead atoms. The van der Waals surface area contributed by atoms with Crippen molar-refractivity contribution in [2.24, 2.45) is 0 Å². The standard InChI is InChI=1S/C26H36N2O8/c1-7-9-17-14-27(22(30)18(17)8-2)19-10-11-21(29)28(23(19)31)16-34-24(32)33-15-20-26(5,6)35-13-12-25(3,4)36-20/h7-9,19-20H,1,10-16H2,2-6H3/b17-9-,18-8+. The van der Waals surface area contributed by atoms with Crippen LogP contribution in [-0.4, -0.2) is 83.5 Å². The summed E-state index contributed by atoms with van der Waals surface area (Å²) < 4.78 is 22.3. The number of hydrogen-bond acceptors (Lipinski definition) is 8. The van der Waals surface area contributed by atoms with E-state index in [-0.39, 0.29) is 31.9 Å². The van der Waals surface area contributed by atoms with Crippen LogP contribution >= 0.6 is 0 Å². The SMILES string of the molecule is C=C/C=C1/CN(C2CCC(=O)N(COC(=O)OCC3OC(C)(C)CCOC3(C)C)C2=O)C(=O)/C1=C/C. The Morgan fingerprint density at radius 3 is 2.58 bits per heavy atom. The summed E-state index contributed by atoms with van der Waals surface area (Å²) in [4.78, 5) is 53.0. The minimum absolute atomic E-state index is 0.0425. The number of amides is 3. The van der Waals surface area contributed by atoms with Crippen molar-refractivity contribution in [2.75, 3.05) is 26.5 Å². The van der Waals surface area contributed by atoms with Gasteiger partial charge >= 0.3 is 6.16 Å². The summed E-state index contributed by atoms with van der Waals surface area (Å²) in [6.45, 7) is 13.0. The number of imide groups is 1. The zero-order valence-electron chi connectivity index (χ0n) is 21.7. The van der Waals surface area contributed by atoms with Gasteiger partial charge in [0, 0.05) is 18.5 Å². The van der Waals surface area contributed by atoms with Crippen molar-refractivity contribution in [1.82, 2.24) is 9.80 Å². The molecule has 0 aromatic heterocycles. The van der Waals surface area contributed by atoms with Crippen molar-refractivity contribution in [3.63, 3.8) is 0 Å². The van der Waals surface area contributed by atoms with E-state index in [2.05, 4.69) is 6.58 Å². The molecule has 0 aromatic carbocycles. The summed E-state index contributed by atoms with van der Waals surface area (Å²) in [6, 6.07) is -0.833. The van der Waals surface area contributed by atoms with Gasteiger partial charge in [0.25, 0.3) is 11.8 Å². The molecule has 0 radical (unpaired) electrons. The molecule has 3 fully saturated rings. The Hall–Kier alpha value is -2.98. The molecule has 0 aromatic rings. The van der Waals surface area contributed by atoms with E-state index < -0.39 is 48.0 Å². The van der Waals surface area contributed by atoms with Crippen LogP contribution in [0.4, 0.5) is 4.79 Å². The Kier molecular flexibility index (Phi) is 8.40. The average molecular weight is 505 g/mol. The van der Waals surface area contributed by atoms with Crippen LogP contribution in [0, 0.1) is 0 Å². The summed E-state index contributed by atoms with van der Waals surface area (Å²) in [6.07, 6.45) is 4.37. The van der Waals surface area contributed by atoms with Gasteiger partial charge in [0.1, 0.15) is 18.8 Å². The number of piperidine rings is 1. The minimum atomic E-state index is -1.04. The fraction of sp³-hybridized carbons (Fsp3) is 0.615. The normalized spacial score (nSPS) is 28.4. The summed E-state index contributed by atoms with van der Waals surface area (Å²) in [5.41, 5.74) is 0.118. The highest BCUT2D eigenvalue weighted by Gasteiger charge is 2.44. The third kappa shape index (κ3) is 6.04. The van der Waals surface area contributed by atoms with Gasteiger partial charge in [0.2, 0.25) is 5.91 Å². The maximum absolute atomic E-state index is 13.1. The van der Waals surface area contributed by atoms with Gasteiger partial charge in [-0.05, 0) is 53.0 Å². The fourth-order valence-electron chi connectivity index (χ4n) is 4.50. The molecule has 10 nitrogen and oxygen atoms in total. The van der Waals surface area contributed by atoms with Crippen LogP contribution in [-0.2, 0) is 33.3 Å². The Balaban J connectivity index is 1.60. The van der Waals surface area contributed by atoms with Crippen molar-refractivity contribution in [3.8, 4) is 0 Å². The Morgan fingerprint density at radius 1 is 1.19 bits per heavy atom. The van der Waals surface area contributed by atoms with Gasteiger partial charge in [0.05, 0.1) is 17.8 Å². The lowest BCUT2D eigenvalue weighted by atomic mass is 10.0. The number of nitrogens with zero attached hydrogens (tertiary/aromatic N) is 2. The molecule has 0 spiro atoms. The smallest absolute Gasteiger partial charge is 0.431 e. The zero-order valence-corrected chi connectivity index (χ0v) is 21.7. The third-order valence-electron chi connectivity index (χ3n) is 6.72. The lowest BCUT2D eigenvalue weighted by Gasteiger charge is -2.35. The topological polar surface area (TPSA) is 112 Å². The highest BCUT2D eigenvalue weighted by molar-refractivity contribution is 6.06. The maximum atomic E-state index is 13.1. The lowest BCUT2D eigenvalue weighted by Crippen LogP contribution is -2.55. The van der Waals surface area contributed by atoms with E-state index in [1.165, 1.54) is 4.90 Å². The molecular weight excluding hydrogens is 468 g/mol. The monoisotopic (exact) mass is 504 g/mol. The lowest BCUT2D eigenvalue weighted by molar-refractivity contribution is -0.162. The second-order valence-corrected chi connectivity index (χ2v) is 10.2. The van der Waals surface area contributed by atoms with Crippen LogP contribution in [0.1, 0.15) is 53.9 Å². The van der Waals surface area contributed by atoms with Crippen molar-refractivity contribution in [2.45, 2.75) is 77.2 Å². The molecule has 2 atom stereocenters. The first-order valence-corrected chi connectivity index (χ1v) is 12.1. The quantitative estimate of drug-likeness (QED) is 0.308. The predicted octanol–water partition coefficient (Wildman–Crippen LogP) is 2.88. The first kappa shape index (κ1) is 27.6. The van der Waals surface area contributed by atoms with Gasteiger partial charge in [-0.1, -0.05) is 24.8 Å². The number of carbonyl (C=O) groups excluding carboxylic acids is 4. The Bertz CT molecular complexity index is 980. The molecule has 198 valence electrons. The van der Waals surface area contributed by atoms with Gasteiger partial charge < -0.3 is 23.8 Å². The van der Waals surface area contributed by atoms with Crippen molar-refractivity contribution in [3.05, 3.63) is 36.0 Å². The number of carbonyl (C=O) groups is 4. The highest BCUT2D eigenvalue weighted by atomic mass is 16.7.